The molecule has 1 aliphatic carbocycles. The van der Waals surface area contributed by atoms with Crippen LogP contribution in [0.4, 0.5) is 5.69 Å². The predicted octanol–water partition coefficient (Wildman–Crippen LogP) is 2.93. The number of anilines is 1. The lowest BCUT2D eigenvalue weighted by atomic mass is 9.65. The summed E-state index contributed by atoms with van der Waals surface area (Å²) < 4.78 is 28.0. The maximum Gasteiger partial charge on any atom is 0.243 e. The highest BCUT2D eigenvalue weighted by Crippen LogP contribution is 2.53. The standard InChI is InChI=1S/C17H25N3O2S2/c1-16(2)8-13-9-17(3,10-16)11-20(13)24(21,22)14-6-4-12(5-7-14)19-15(18)23/h4-7,13H,8-11H2,1-3H3,(H3,18,19,23). The van der Waals surface area contributed by atoms with Gasteiger partial charge in [0.05, 0.1) is 4.90 Å². The van der Waals surface area contributed by atoms with Crippen LogP contribution in [0.15, 0.2) is 29.2 Å². The lowest BCUT2D eigenvalue weighted by Gasteiger charge is -2.39. The van der Waals surface area contributed by atoms with Gasteiger partial charge in [-0.1, -0.05) is 20.8 Å². The zero-order valence-corrected chi connectivity index (χ0v) is 16.0. The third-order valence-electron chi connectivity index (χ3n) is 5.10. The van der Waals surface area contributed by atoms with E-state index in [1.54, 1.807) is 28.6 Å². The lowest BCUT2D eigenvalue weighted by Crippen LogP contribution is -2.37. The summed E-state index contributed by atoms with van der Waals surface area (Å²) in [6.07, 6.45) is 2.94. The van der Waals surface area contributed by atoms with Gasteiger partial charge in [0.15, 0.2) is 5.11 Å². The zero-order valence-electron chi connectivity index (χ0n) is 14.4. The van der Waals surface area contributed by atoms with Crippen molar-refractivity contribution in [3.05, 3.63) is 24.3 Å². The van der Waals surface area contributed by atoms with Crippen molar-refractivity contribution in [2.45, 2.75) is 51.0 Å². The van der Waals surface area contributed by atoms with Crippen LogP contribution in [0.2, 0.25) is 0 Å². The van der Waals surface area contributed by atoms with Crippen LogP contribution in [0.25, 0.3) is 0 Å². The van der Waals surface area contributed by atoms with E-state index >= 15 is 0 Å². The molecule has 1 heterocycles. The topological polar surface area (TPSA) is 75.4 Å². The molecule has 5 nitrogen and oxygen atoms in total. The summed E-state index contributed by atoms with van der Waals surface area (Å²) in [7, 11) is -3.48. The van der Waals surface area contributed by atoms with Gasteiger partial charge in [-0.15, -0.1) is 0 Å². The highest BCUT2D eigenvalue weighted by molar-refractivity contribution is 7.89. The monoisotopic (exact) mass is 367 g/mol. The van der Waals surface area contributed by atoms with Crippen LogP contribution in [0, 0.1) is 10.8 Å². The molecule has 7 heteroatoms. The molecule has 0 amide bonds. The first-order valence-electron chi connectivity index (χ1n) is 8.19. The van der Waals surface area contributed by atoms with Crippen LogP contribution in [0.3, 0.4) is 0 Å². The van der Waals surface area contributed by atoms with Crippen molar-refractivity contribution in [2.24, 2.45) is 16.6 Å². The second kappa shape index (κ2) is 5.68. The van der Waals surface area contributed by atoms with E-state index in [0.717, 1.165) is 19.3 Å². The third kappa shape index (κ3) is 3.30. The fourth-order valence-electron chi connectivity index (χ4n) is 4.68. The Morgan fingerprint density at radius 1 is 1.25 bits per heavy atom. The smallest absolute Gasteiger partial charge is 0.243 e. The average Bonchev–Trinajstić information content (AvgIpc) is 2.68. The van der Waals surface area contributed by atoms with Crippen LogP contribution < -0.4 is 11.1 Å². The molecule has 1 saturated heterocycles. The second-order valence-corrected chi connectivity index (χ2v) is 10.6. The summed E-state index contributed by atoms with van der Waals surface area (Å²) >= 11 is 4.80. The van der Waals surface area contributed by atoms with E-state index in [4.69, 9.17) is 18.0 Å². The van der Waals surface area contributed by atoms with Crippen molar-refractivity contribution < 1.29 is 8.42 Å². The molecule has 2 bridgehead atoms. The first kappa shape index (κ1) is 17.6. The molecule has 1 aromatic rings. The Hall–Kier alpha value is -1.18. The summed E-state index contributed by atoms with van der Waals surface area (Å²) in [5.41, 5.74) is 6.39. The molecule has 132 valence electrons. The summed E-state index contributed by atoms with van der Waals surface area (Å²) in [6, 6.07) is 6.72. The van der Waals surface area contributed by atoms with Crippen LogP contribution in [0.5, 0.6) is 0 Å². The average molecular weight is 368 g/mol. The predicted molar refractivity (Wildman–Crippen MR) is 100 cm³/mol. The van der Waals surface area contributed by atoms with Crippen LogP contribution in [-0.2, 0) is 10.0 Å². The fourth-order valence-corrected chi connectivity index (χ4v) is 6.57. The lowest BCUT2D eigenvalue weighted by molar-refractivity contribution is 0.133. The summed E-state index contributed by atoms with van der Waals surface area (Å²) in [5, 5.41) is 2.97. The van der Waals surface area contributed by atoms with Crippen molar-refractivity contribution in [3.63, 3.8) is 0 Å². The molecule has 0 radical (unpaired) electrons. The van der Waals surface area contributed by atoms with E-state index in [0.29, 0.717) is 17.1 Å². The number of hydrogen-bond donors (Lipinski definition) is 2. The molecule has 1 saturated carbocycles. The van der Waals surface area contributed by atoms with Gasteiger partial charge in [-0.3, -0.25) is 0 Å². The molecule has 1 aromatic carbocycles. The van der Waals surface area contributed by atoms with Crippen LogP contribution in [0.1, 0.15) is 40.0 Å². The number of fused-ring (bicyclic) bond motifs is 2. The Morgan fingerprint density at radius 2 is 1.88 bits per heavy atom. The number of benzene rings is 1. The number of hydrogen-bond acceptors (Lipinski definition) is 3. The van der Waals surface area contributed by atoms with E-state index in [1.165, 1.54) is 0 Å². The molecule has 3 N–H and O–H groups in total. The quantitative estimate of drug-likeness (QED) is 0.804. The Balaban J connectivity index is 1.87. The van der Waals surface area contributed by atoms with Crippen molar-refractivity contribution in [1.82, 2.24) is 4.31 Å². The molecule has 3 rings (SSSR count). The zero-order chi connectivity index (χ0) is 17.8. The van der Waals surface area contributed by atoms with Gasteiger partial charge >= 0.3 is 0 Å². The van der Waals surface area contributed by atoms with Gasteiger partial charge < -0.3 is 11.1 Å². The van der Waals surface area contributed by atoms with Gasteiger partial charge in [0.2, 0.25) is 10.0 Å². The fraction of sp³-hybridized carbons (Fsp3) is 0.588. The van der Waals surface area contributed by atoms with Gasteiger partial charge in [0.1, 0.15) is 0 Å². The molecule has 0 spiro atoms. The van der Waals surface area contributed by atoms with Gasteiger partial charge in [0.25, 0.3) is 0 Å². The highest BCUT2D eigenvalue weighted by atomic mass is 32.2. The van der Waals surface area contributed by atoms with Crippen molar-refractivity contribution in [1.29, 1.82) is 0 Å². The van der Waals surface area contributed by atoms with E-state index in [1.807, 2.05) is 0 Å². The Kier molecular flexibility index (Phi) is 4.17. The van der Waals surface area contributed by atoms with Gasteiger partial charge in [-0.25, -0.2) is 8.42 Å². The number of thiocarbonyl (C=S) groups is 1. The largest absolute Gasteiger partial charge is 0.376 e. The minimum absolute atomic E-state index is 0.0761. The first-order valence-corrected chi connectivity index (χ1v) is 10.0. The summed E-state index contributed by atoms with van der Waals surface area (Å²) in [6.45, 7) is 7.30. The van der Waals surface area contributed by atoms with Gasteiger partial charge in [-0.05, 0) is 66.6 Å². The molecule has 2 fully saturated rings. The number of nitrogens with one attached hydrogen (secondary N) is 1. The molecule has 0 aromatic heterocycles. The van der Waals surface area contributed by atoms with Crippen molar-refractivity contribution in [2.75, 3.05) is 11.9 Å². The number of nitrogens with zero attached hydrogens (tertiary/aromatic N) is 1. The van der Waals surface area contributed by atoms with E-state index in [-0.39, 0.29) is 22.0 Å². The first-order chi connectivity index (χ1) is 11.0. The molecule has 2 unspecified atom stereocenters. The van der Waals surface area contributed by atoms with Crippen molar-refractivity contribution >= 4 is 33.0 Å². The number of rotatable bonds is 3. The molecule has 2 atom stereocenters. The Labute approximate surface area is 149 Å². The summed E-state index contributed by atoms with van der Waals surface area (Å²) in [4.78, 5) is 0.324. The number of sulfonamides is 1. The Morgan fingerprint density at radius 3 is 2.46 bits per heavy atom. The van der Waals surface area contributed by atoms with Crippen LogP contribution in [-0.4, -0.2) is 30.4 Å². The molecule has 24 heavy (non-hydrogen) atoms. The molecule has 1 aliphatic heterocycles. The molecular formula is C17H25N3O2S2. The van der Waals surface area contributed by atoms with E-state index < -0.39 is 10.0 Å². The van der Waals surface area contributed by atoms with Gasteiger partial charge in [-0.2, -0.15) is 4.31 Å². The van der Waals surface area contributed by atoms with Gasteiger partial charge in [0, 0.05) is 18.3 Å². The Bertz CT molecular complexity index is 759. The highest BCUT2D eigenvalue weighted by Gasteiger charge is 2.53. The van der Waals surface area contributed by atoms with E-state index in [9.17, 15) is 8.42 Å². The summed E-state index contributed by atoms with van der Waals surface area (Å²) in [5.74, 6) is 0. The molecule has 2 aliphatic rings. The third-order valence-corrected chi connectivity index (χ3v) is 7.11. The second-order valence-electron chi connectivity index (χ2n) is 8.28. The number of nitrogens with two attached hydrogens (primary N) is 1. The van der Waals surface area contributed by atoms with Crippen LogP contribution >= 0.6 is 12.2 Å². The normalized spacial score (nSPS) is 29.4. The minimum atomic E-state index is -3.48. The maximum atomic E-state index is 13.1. The SMILES string of the molecule is CC1(C)CC2CC(C)(CN2S(=O)(=O)c2ccc(NC(N)=S)cc2)C1. The molecular weight excluding hydrogens is 342 g/mol. The van der Waals surface area contributed by atoms with E-state index in [2.05, 4.69) is 26.1 Å². The maximum absolute atomic E-state index is 13.1. The minimum Gasteiger partial charge on any atom is -0.376 e. The van der Waals surface area contributed by atoms with Crippen molar-refractivity contribution in [3.8, 4) is 0 Å².